The predicted octanol–water partition coefficient (Wildman–Crippen LogP) is 6.56. The molecule has 0 unspecified atom stereocenters. The third-order valence-corrected chi connectivity index (χ3v) is 6.26. The number of unbranched alkanes of at least 4 members (excludes halogenated alkanes) is 3. The molecular weight excluding hydrogens is 590 g/mol. The van der Waals surface area contributed by atoms with Gasteiger partial charge in [-0.3, -0.25) is 14.9 Å². The number of hydrogen-bond acceptors (Lipinski definition) is 8. The van der Waals surface area contributed by atoms with E-state index in [4.69, 9.17) is 18.9 Å². The fourth-order valence-corrected chi connectivity index (χ4v) is 4.07. The van der Waals surface area contributed by atoms with E-state index in [0.29, 0.717) is 35.8 Å². The van der Waals surface area contributed by atoms with E-state index in [1.54, 1.807) is 69.3 Å². The van der Waals surface area contributed by atoms with Crippen LogP contribution in [-0.2, 0) is 35.1 Å². The number of anilines is 3. The lowest BCUT2D eigenvalue weighted by Gasteiger charge is -2.20. The molecule has 0 aliphatic rings. The van der Waals surface area contributed by atoms with Crippen molar-refractivity contribution in [2.45, 2.75) is 58.7 Å². The Bertz CT molecular complexity index is 1410. The van der Waals surface area contributed by atoms with Gasteiger partial charge in [0.05, 0.1) is 11.4 Å². The molecule has 3 amide bonds. The van der Waals surface area contributed by atoms with Gasteiger partial charge in [0.15, 0.2) is 0 Å². The van der Waals surface area contributed by atoms with Gasteiger partial charge in [0.25, 0.3) is 5.91 Å². The van der Waals surface area contributed by atoms with Crippen molar-refractivity contribution in [3.05, 3.63) is 90.0 Å². The van der Waals surface area contributed by atoms with Gasteiger partial charge in [-0.15, -0.1) is 0 Å². The molecule has 0 atom stereocenters. The Morgan fingerprint density at radius 1 is 0.652 bits per heavy atom. The van der Waals surface area contributed by atoms with Gasteiger partial charge in [-0.05, 0) is 75.6 Å². The van der Waals surface area contributed by atoms with Crippen molar-refractivity contribution < 1.29 is 38.1 Å². The van der Waals surface area contributed by atoms with Gasteiger partial charge in [-0.25, -0.2) is 9.59 Å². The molecule has 3 rings (SSSR count). The van der Waals surface area contributed by atoms with E-state index < -0.39 is 11.7 Å². The monoisotopic (exact) mass is 633 g/mol. The molecule has 11 nitrogen and oxygen atoms in total. The highest BCUT2D eigenvalue weighted by molar-refractivity contribution is 6.07. The molecule has 46 heavy (non-hydrogen) atoms. The molecule has 0 radical (unpaired) electrons. The number of carbonyl (C=O) groups is 4. The second-order valence-electron chi connectivity index (χ2n) is 11.4. The second-order valence-corrected chi connectivity index (χ2v) is 11.4. The molecule has 3 aromatic rings. The van der Waals surface area contributed by atoms with Crippen LogP contribution in [0.15, 0.2) is 78.9 Å². The first kappa shape index (κ1) is 35.7. The molecule has 0 aliphatic heterocycles. The molecule has 0 saturated carbocycles. The van der Waals surface area contributed by atoms with Gasteiger partial charge < -0.3 is 29.6 Å². The van der Waals surface area contributed by atoms with Gasteiger partial charge in [-0.2, -0.15) is 0 Å². The number of amides is 3. The first-order chi connectivity index (χ1) is 22.1. The van der Waals surface area contributed by atoms with Crippen LogP contribution in [-0.4, -0.2) is 55.9 Å². The largest absolute Gasteiger partial charge is 0.459 e. The van der Waals surface area contributed by atoms with Crippen LogP contribution in [0.3, 0.4) is 0 Å². The van der Waals surface area contributed by atoms with Gasteiger partial charge in [-0.1, -0.05) is 55.3 Å². The van der Waals surface area contributed by atoms with Crippen molar-refractivity contribution in [2.75, 3.05) is 42.4 Å². The van der Waals surface area contributed by atoms with Crippen molar-refractivity contribution >= 4 is 40.9 Å². The minimum absolute atomic E-state index is 0.0649. The highest BCUT2D eigenvalue weighted by atomic mass is 16.6. The van der Waals surface area contributed by atoms with Crippen LogP contribution in [0.25, 0.3) is 0 Å². The fourth-order valence-electron chi connectivity index (χ4n) is 4.07. The molecule has 0 heterocycles. The van der Waals surface area contributed by atoms with E-state index in [1.165, 1.54) is 0 Å². The standard InChI is InChI=1S/C35H43N3O8/c1-35(2,3)46-34(42)38-30-16-10-9-15-29(30)37-33(41)27-17-19-28(20-18-27)36-31(39)24-43-21-11-4-5-12-22-44-25-32(40)45-23-26-13-7-6-8-14-26/h6-10,13-20H,4-5,11-12,21-25H2,1-3H3,(H,36,39)(H,37,41)(H,38,42). The second kappa shape index (κ2) is 18.9. The molecule has 246 valence electrons. The Morgan fingerprint density at radius 2 is 1.24 bits per heavy atom. The Morgan fingerprint density at radius 3 is 1.87 bits per heavy atom. The summed E-state index contributed by atoms with van der Waals surface area (Å²) in [7, 11) is 0. The SMILES string of the molecule is CC(C)(C)OC(=O)Nc1ccccc1NC(=O)c1ccc(NC(=O)COCCCCCCOCC(=O)OCc2ccccc2)cc1. The maximum Gasteiger partial charge on any atom is 0.412 e. The molecular formula is C35H43N3O8. The number of carbonyl (C=O) groups excluding carboxylic acids is 4. The van der Waals surface area contributed by atoms with Crippen molar-refractivity contribution in [3.8, 4) is 0 Å². The van der Waals surface area contributed by atoms with Crippen molar-refractivity contribution in [1.29, 1.82) is 0 Å². The maximum atomic E-state index is 12.8. The quantitative estimate of drug-likeness (QED) is 0.112. The molecule has 11 heteroatoms. The van der Waals surface area contributed by atoms with Crippen molar-refractivity contribution in [1.82, 2.24) is 0 Å². The fraction of sp³-hybridized carbons (Fsp3) is 0.371. The van der Waals surface area contributed by atoms with Crippen LogP contribution >= 0.6 is 0 Å². The van der Waals surface area contributed by atoms with E-state index in [1.807, 2.05) is 30.3 Å². The van der Waals surface area contributed by atoms with Gasteiger partial charge in [0.2, 0.25) is 5.91 Å². The van der Waals surface area contributed by atoms with Crippen LogP contribution < -0.4 is 16.0 Å². The summed E-state index contributed by atoms with van der Waals surface area (Å²) in [6.45, 7) is 6.30. The summed E-state index contributed by atoms with van der Waals surface area (Å²) in [5.74, 6) is -1.07. The number of esters is 1. The number of hydrogen-bond donors (Lipinski definition) is 3. The zero-order valence-corrected chi connectivity index (χ0v) is 26.6. The first-order valence-electron chi connectivity index (χ1n) is 15.2. The van der Waals surface area contributed by atoms with Gasteiger partial charge in [0.1, 0.15) is 25.4 Å². The first-order valence-corrected chi connectivity index (χ1v) is 15.2. The minimum atomic E-state index is -0.660. The van der Waals surface area contributed by atoms with E-state index in [0.717, 1.165) is 31.2 Å². The summed E-state index contributed by atoms with van der Waals surface area (Å²) < 4.78 is 21.3. The summed E-state index contributed by atoms with van der Waals surface area (Å²) in [6.07, 6.45) is 2.81. The molecule has 0 fully saturated rings. The van der Waals surface area contributed by atoms with Crippen molar-refractivity contribution in [2.24, 2.45) is 0 Å². The number of para-hydroxylation sites is 2. The zero-order valence-electron chi connectivity index (χ0n) is 26.6. The predicted molar refractivity (Wildman–Crippen MR) is 176 cm³/mol. The van der Waals surface area contributed by atoms with E-state index in [9.17, 15) is 19.2 Å². The number of rotatable bonds is 17. The third-order valence-electron chi connectivity index (χ3n) is 6.26. The Hall–Kier alpha value is -4.74. The minimum Gasteiger partial charge on any atom is -0.459 e. The van der Waals surface area contributed by atoms with Crippen molar-refractivity contribution in [3.63, 3.8) is 0 Å². The average Bonchev–Trinajstić information content (AvgIpc) is 3.01. The van der Waals surface area contributed by atoms with Crippen LogP contribution in [0, 0.1) is 0 Å². The van der Waals surface area contributed by atoms with Gasteiger partial charge in [0, 0.05) is 24.5 Å². The Kier molecular flexibility index (Phi) is 14.7. The van der Waals surface area contributed by atoms with E-state index in [-0.39, 0.29) is 37.6 Å². The summed E-state index contributed by atoms with van der Waals surface area (Å²) in [6, 6.07) is 22.7. The number of ether oxygens (including phenoxy) is 4. The normalized spacial score (nSPS) is 10.9. The zero-order chi connectivity index (χ0) is 33.2. The lowest BCUT2D eigenvalue weighted by atomic mass is 10.1. The Labute approximate surface area is 269 Å². The summed E-state index contributed by atoms with van der Waals surface area (Å²) >= 11 is 0. The molecule has 0 spiro atoms. The lowest BCUT2D eigenvalue weighted by Crippen LogP contribution is -2.27. The molecule has 0 bridgehead atoms. The molecule has 3 N–H and O–H groups in total. The maximum absolute atomic E-state index is 12.8. The summed E-state index contributed by atoms with van der Waals surface area (Å²) in [4.78, 5) is 49.0. The number of nitrogens with one attached hydrogen (secondary N) is 3. The van der Waals surface area contributed by atoms with Crippen LogP contribution in [0.5, 0.6) is 0 Å². The van der Waals surface area contributed by atoms with Crippen LogP contribution in [0.2, 0.25) is 0 Å². The van der Waals surface area contributed by atoms with Gasteiger partial charge >= 0.3 is 12.1 Å². The summed E-state index contributed by atoms with van der Waals surface area (Å²) in [5.41, 5.74) is 1.99. The molecule has 0 aromatic heterocycles. The third kappa shape index (κ3) is 14.4. The smallest absolute Gasteiger partial charge is 0.412 e. The highest BCUT2D eigenvalue weighted by Crippen LogP contribution is 2.23. The lowest BCUT2D eigenvalue weighted by molar-refractivity contribution is -0.150. The highest BCUT2D eigenvalue weighted by Gasteiger charge is 2.18. The molecule has 3 aromatic carbocycles. The number of benzene rings is 3. The topological polar surface area (TPSA) is 141 Å². The van der Waals surface area contributed by atoms with Crippen LogP contribution in [0.1, 0.15) is 62.4 Å². The summed E-state index contributed by atoms with van der Waals surface area (Å²) in [5, 5.41) is 8.18. The Balaban J connectivity index is 1.25. The van der Waals surface area contributed by atoms with Crippen LogP contribution in [0.4, 0.5) is 21.9 Å². The average molecular weight is 634 g/mol. The van der Waals surface area contributed by atoms with E-state index in [2.05, 4.69) is 16.0 Å². The molecule has 0 saturated heterocycles. The molecule has 0 aliphatic carbocycles. The van der Waals surface area contributed by atoms with E-state index >= 15 is 0 Å².